The summed E-state index contributed by atoms with van der Waals surface area (Å²) in [7, 11) is 0. The number of hydrogen-bond acceptors (Lipinski definition) is 3. The van der Waals surface area contributed by atoms with E-state index < -0.39 is 23.3 Å². The lowest BCUT2D eigenvalue weighted by Gasteiger charge is -2.12. The van der Waals surface area contributed by atoms with Gasteiger partial charge in [0.05, 0.1) is 16.8 Å². The number of carbonyl (C=O) groups is 1. The normalized spacial score (nSPS) is 11.5. The molecule has 0 fully saturated rings. The summed E-state index contributed by atoms with van der Waals surface area (Å²) >= 11 is 5.88. The third kappa shape index (κ3) is 3.82. The first-order valence-corrected chi connectivity index (χ1v) is 7.28. The van der Waals surface area contributed by atoms with Crippen LogP contribution in [0.3, 0.4) is 0 Å². The number of unbranched alkanes of at least 4 members (excludes halogenated alkanes) is 1. The van der Waals surface area contributed by atoms with E-state index in [2.05, 4.69) is 15.4 Å². The van der Waals surface area contributed by atoms with Crippen molar-refractivity contribution < 1.29 is 18.0 Å². The number of hydrogen-bond donors (Lipinski definition) is 1. The first kappa shape index (κ1) is 17.3. The van der Waals surface area contributed by atoms with Gasteiger partial charge < -0.3 is 5.32 Å². The number of alkyl halides is 3. The van der Waals surface area contributed by atoms with Crippen molar-refractivity contribution in [3.8, 4) is 5.82 Å². The summed E-state index contributed by atoms with van der Waals surface area (Å²) in [6.07, 6.45) is -1.13. The fourth-order valence-corrected chi connectivity index (χ4v) is 2.16. The molecule has 0 bridgehead atoms. The zero-order chi connectivity index (χ0) is 17.0. The second-order valence-corrected chi connectivity index (χ2v) is 5.14. The first-order valence-electron chi connectivity index (χ1n) is 6.90. The smallest absolute Gasteiger partial charge is 0.352 e. The molecule has 0 atom stereocenters. The van der Waals surface area contributed by atoms with Gasteiger partial charge in [-0.2, -0.15) is 18.3 Å². The molecule has 0 aliphatic heterocycles. The van der Waals surface area contributed by atoms with E-state index in [4.69, 9.17) is 11.6 Å². The standard InChI is InChI=1S/C14H14ClF3N4O/c1-2-3-6-20-13(23)9-8-21-22(11(9)14(16,17)18)12-10(15)5-4-7-19-12/h4-5,7-8H,2-3,6H2,1H3,(H,20,23). The van der Waals surface area contributed by atoms with Gasteiger partial charge in [-0.25, -0.2) is 9.67 Å². The zero-order valence-electron chi connectivity index (χ0n) is 12.2. The number of nitrogens with zero attached hydrogens (tertiary/aromatic N) is 3. The van der Waals surface area contributed by atoms with Crippen molar-refractivity contribution in [3.05, 3.63) is 40.8 Å². The lowest BCUT2D eigenvalue weighted by atomic mass is 10.2. The van der Waals surface area contributed by atoms with Gasteiger partial charge in [0.2, 0.25) is 0 Å². The van der Waals surface area contributed by atoms with Crippen molar-refractivity contribution in [2.75, 3.05) is 6.54 Å². The quantitative estimate of drug-likeness (QED) is 0.843. The van der Waals surface area contributed by atoms with Crippen LogP contribution in [0, 0.1) is 0 Å². The maximum atomic E-state index is 13.4. The molecular weight excluding hydrogens is 333 g/mol. The molecule has 0 radical (unpaired) electrons. The van der Waals surface area contributed by atoms with Crippen molar-refractivity contribution in [1.82, 2.24) is 20.1 Å². The molecule has 0 unspecified atom stereocenters. The molecule has 2 aromatic rings. The van der Waals surface area contributed by atoms with Crippen LogP contribution in [0.15, 0.2) is 24.5 Å². The predicted octanol–water partition coefficient (Wildman–Crippen LogP) is 3.47. The summed E-state index contributed by atoms with van der Waals surface area (Å²) in [6, 6.07) is 2.88. The van der Waals surface area contributed by atoms with Crippen molar-refractivity contribution in [2.24, 2.45) is 0 Å². The van der Waals surface area contributed by atoms with E-state index in [-0.39, 0.29) is 10.8 Å². The first-order chi connectivity index (χ1) is 10.9. The zero-order valence-corrected chi connectivity index (χ0v) is 12.9. The molecule has 23 heavy (non-hydrogen) atoms. The van der Waals surface area contributed by atoms with E-state index in [9.17, 15) is 18.0 Å². The summed E-state index contributed by atoms with van der Waals surface area (Å²) in [5.74, 6) is -1.02. The summed E-state index contributed by atoms with van der Waals surface area (Å²) in [5.41, 5.74) is -1.76. The number of carbonyl (C=O) groups excluding carboxylic acids is 1. The number of amides is 1. The summed E-state index contributed by atoms with van der Waals surface area (Å²) in [4.78, 5) is 15.8. The van der Waals surface area contributed by atoms with Gasteiger partial charge in [-0.3, -0.25) is 4.79 Å². The Bertz CT molecular complexity index is 700. The molecule has 124 valence electrons. The van der Waals surface area contributed by atoms with Crippen LogP contribution < -0.4 is 5.32 Å². The van der Waals surface area contributed by atoms with E-state index in [1.165, 1.54) is 18.3 Å². The number of pyridine rings is 1. The summed E-state index contributed by atoms with van der Waals surface area (Å²) in [5, 5.41) is 6.10. The van der Waals surface area contributed by atoms with Gasteiger partial charge in [0.25, 0.3) is 5.91 Å². The average Bonchev–Trinajstić information content (AvgIpc) is 2.93. The Morgan fingerprint density at radius 3 is 2.78 bits per heavy atom. The van der Waals surface area contributed by atoms with Gasteiger partial charge in [0.15, 0.2) is 11.5 Å². The van der Waals surface area contributed by atoms with Crippen LogP contribution in [0.4, 0.5) is 13.2 Å². The highest BCUT2D eigenvalue weighted by molar-refractivity contribution is 6.32. The van der Waals surface area contributed by atoms with Gasteiger partial charge >= 0.3 is 6.18 Å². The molecule has 9 heteroatoms. The van der Waals surface area contributed by atoms with Crippen LogP contribution in [0.25, 0.3) is 5.82 Å². The molecular formula is C14H14ClF3N4O. The summed E-state index contributed by atoms with van der Waals surface area (Å²) in [6.45, 7) is 2.20. The van der Waals surface area contributed by atoms with Gasteiger partial charge in [0.1, 0.15) is 0 Å². The number of nitrogens with one attached hydrogen (secondary N) is 1. The van der Waals surface area contributed by atoms with Gasteiger partial charge in [-0.05, 0) is 18.6 Å². The third-order valence-corrected chi connectivity index (χ3v) is 3.33. The molecule has 2 heterocycles. The predicted molar refractivity (Wildman–Crippen MR) is 78.6 cm³/mol. The molecule has 1 amide bonds. The lowest BCUT2D eigenvalue weighted by molar-refractivity contribution is -0.143. The molecule has 0 aliphatic rings. The second kappa shape index (κ2) is 6.99. The minimum absolute atomic E-state index is 0.000888. The molecule has 0 spiro atoms. The van der Waals surface area contributed by atoms with E-state index in [0.717, 1.165) is 12.6 Å². The van der Waals surface area contributed by atoms with E-state index in [1.807, 2.05) is 6.92 Å². The Hall–Kier alpha value is -2.09. The van der Waals surface area contributed by atoms with Crippen molar-refractivity contribution in [1.29, 1.82) is 0 Å². The summed E-state index contributed by atoms with van der Waals surface area (Å²) < 4.78 is 40.7. The van der Waals surface area contributed by atoms with E-state index in [0.29, 0.717) is 17.6 Å². The van der Waals surface area contributed by atoms with Crippen LogP contribution in [-0.4, -0.2) is 27.2 Å². The van der Waals surface area contributed by atoms with Crippen molar-refractivity contribution in [2.45, 2.75) is 25.9 Å². The Labute approximate surface area is 135 Å². The van der Waals surface area contributed by atoms with Gasteiger partial charge in [-0.15, -0.1) is 0 Å². The number of halogens is 4. The molecule has 0 saturated heterocycles. The highest BCUT2D eigenvalue weighted by Gasteiger charge is 2.41. The molecule has 5 nitrogen and oxygen atoms in total. The molecule has 1 N–H and O–H groups in total. The molecule has 0 aromatic carbocycles. The minimum Gasteiger partial charge on any atom is -0.352 e. The highest BCUT2D eigenvalue weighted by Crippen LogP contribution is 2.34. The molecule has 2 rings (SSSR count). The Morgan fingerprint density at radius 1 is 1.43 bits per heavy atom. The van der Waals surface area contributed by atoms with E-state index in [1.54, 1.807) is 0 Å². The monoisotopic (exact) mass is 346 g/mol. The maximum Gasteiger partial charge on any atom is 0.434 e. The Morgan fingerprint density at radius 2 is 2.17 bits per heavy atom. The Balaban J connectivity index is 2.46. The molecule has 0 saturated carbocycles. The average molecular weight is 347 g/mol. The van der Waals surface area contributed by atoms with Gasteiger partial charge in [0, 0.05) is 12.7 Å². The van der Waals surface area contributed by atoms with Gasteiger partial charge in [-0.1, -0.05) is 24.9 Å². The van der Waals surface area contributed by atoms with E-state index >= 15 is 0 Å². The fourth-order valence-electron chi connectivity index (χ4n) is 1.96. The highest BCUT2D eigenvalue weighted by atomic mass is 35.5. The van der Waals surface area contributed by atoms with Crippen molar-refractivity contribution >= 4 is 17.5 Å². The van der Waals surface area contributed by atoms with Crippen LogP contribution in [0.1, 0.15) is 35.8 Å². The van der Waals surface area contributed by atoms with Crippen LogP contribution in [-0.2, 0) is 6.18 Å². The molecule has 2 aromatic heterocycles. The maximum absolute atomic E-state index is 13.4. The molecule has 0 aliphatic carbocycles. The van der Waals surface area contributed by atoms with Crippen molar-refractivity contribution in [3.63, 3.8) is 0 Å². The van der Waals surface area contributed by atoms with Crippen LogP contribution in [0.2, 0.25) is 5.02 Å². The topological polar surface area (TPSA) is 59.8 Å². The minimum atomic E-state index is -4.78. The Kier molecular flexibility index (Phi) is 5.25. The number of rotatable bonds is 5. The van der Waals surface area contributed by atoms with Crippen LogP contribution >= 0.6 is 11.6 Å². The third-order valence-electron chi connectivity index (χ3n) is 3.04. The van der Waals surface area contributed by atoms with Crippen LogP contribution in [0.5, 0.6) is 0 Å². The lowest BCUT2D eigenvalue weighted by Crippen LogP contribution is -2.27. The second-order valence-electron chi connectivity index (χ2n) is 4.73. The largest absolute Gasteiger partial charge is 0.434 e. The SMILES string of the molecule is CCCCNC(=O)c1cnn(-c2ncccc2Cl)c1C(F)(F)F. The fraction of sp³-hybridized carbons (Fsp3) is 0.357. The number of aromatic nitrogens is 3.